The number of carbonyl (C=O) groups is 2. The predicted molar refractivity (Wildman–Crippen MR) is 352 cm³/mol. The number of carbonyl (C=O) groups excluding carboxylic acids is 1. The summed E-state index contributed by atoms with van der Waals surface area (Å²) in [6.07, 6.45) is 25.0. The van der Waals surface area contributed by atoms with E-state index < -0.39 is 31.9 Å². The molecule has 6 aromatic rings. The van der Waals surface area contributed by atoms with E-state index >= 15 is 0 Å². The van der Waals surface area contributed by atoms with Crippen molar-refractivity contribution >= 4 is 66.8 Å². The largest absolute Gasteiger partial charge is 0.478 e. The van der Waals surface area contributed by atoms with Gasteiger partial charge in [-0.3, -0.25) is 4.79 Å². The molecule has 0 bridgehead atoms. The number of halogens is 2. The second kappa shape index (κ2) is 30.4. The molecule has 0 saturated heterocycles. The Labute approximate surface area is 541 Å². The van der Waals surface area contributed by atoms with Gasteiger partial charge in [-0.15, -0.1) is 10.2 Å². The summed E-state index contributed by atoms with van der Waals surface area (Å²) in [6.45, 7) is 20.0. The van der Waals surface area contributed by atoms with Gasteiger partial charge in [-0.1, -0.05) is 84.3 Å². The molecule has 25 heteroatoms. The first-order valence-electron chi connectivity index (χ1n) is 30.9. The Balaban J connectivity index is 0.000000211. The highest BCUT2D eigenvalue weighted by Crippen LogP contribution is 2.50. The van der Waals surface area contributed by atoms with Crippen molar-refractivity contribution in [2.75, 3.05) is 36.9 Å². The highest BCUT2D eigenvalue weighted by Gasteiger charge is 2.37. The number of hydrogen-bond acceptors (Lipinski definition) is 16. The summed E-state index contributed by atoms with van der Waals surface area (Å²) in [5, 5.41) is 28.7. The lowest BCUT2D eigenvalue weighted by Crippen LogP contribution is -2.32. The van der Waals surface area contributed by atoms with E-state index in [9.17, 15) is 26.4 Å². The molecule has 1 amide bonds. The van der Waals surface area contributed by atoms with Crippen LogP contribution in [0.1, 0.15) is 196 Å². The molecule has 90 heavy (non-hydrogen) atoms. The van der Waals surface area contributed by atoms with Gasteiger partial charge >= 0.3 is 5.97 Å². The fraction of sp³-hybridized carbons (Fsp3) is 0.569. The van der Waals surface area contributed by atoms with Crippen molar-refractivity contribution in [3.05, 3.63) is 106 Å². The number of sulfonamides is 2. The average molecular weight is 1320 g/mol. The molecule has 0 aliphatic heterocycles. The first-order chi connectivity index (χ1) is 42.0. The third-order valence-corrected chi connectivity index (χ3v) is 20.4. The lowest BCUT2D eigenvalue weighted by Gasteiger charge is -2.17. The van der Waals surface area contributed by atoms with E-state index in [2.05, 4.69) is 87.0 Å². The van der Waals surface area contributed by atoms with Gasteiger partial charge < -0.3 is 25.2 Å². The molecule has 4 aliphatic rings. The van der Waals surface area contributed by atoms with Crippen molar-refractivity contribution in [3.8, 4) is 23.4 Å². The molecule has 10 rings (SSSR count). The number of carboxylic acid groups (broad SMARTS) is 1. The van der Waals surface area contributed by atoms with E-state index in [1.54, 1.807) is 74.8 Å². The number of ether oxygens (including phenoxy) is 2. The molecule has 6 heterocycles. The van der Waals surface area contributed by atoms with Crippen LogP contribution in [0, 0.1) is 47.3 Å². The van der Waals surface area contributed by atoms with Crippen molar-refractivity contribution in [1.82, 2.24) is 44.2 Å². The second-order valence-corrected chi connectivity index (χ2v) is 30.6. The van der Waals surface area contributed by atoms with Gasteiger partial charge in [-0.25, -0.2) is 52.4 Å². The number of rotatable bonds is 27. The van der Waals surface area contributed by atoms with Crippen LogP contribution in [0.15, 0.2) is 83.1 Å². The molecule has 0 aromatic carbocycles. The Morgan fingerprint density at radius 2 is 1.04 bits per heavy atom. The molecular weight excluding hydrogens is 1230 g/mol. The summed E-state index contributed by atoms with van der Waals surface area (Å²) in [5.74, 6) is 2.36. The van der Waals surface area contributed by atoms with E-state index in [-0.39, 0.29) is 38.9 Å². The zero-order valence-electron chi connectivity index (χ0n) is 52.6. The number of aromatic carboxylic acids is 1. The number of nitrogens with zero attached hydrogens (tertiary/aromatic N) is 8. The molecule has 6 aromatic heterocycles. The van der Waals surface area contributed by atoms with Gasteiger partial charge in [0.15, 0.2) is 21.7 Å². The standard InChI is InChI=1S/C32H43ClN6O4S.C16H18ClN3O3.C16H27N3O2S.CH4/c1-22-8-10-25(34-18-5-7-23-12-15-31(2,3)21-23)35-30(22)44(41,42)38-29(40)24-9-11-26(36-28(24)33)39-19-13-27(37-39)43-20-6-14-32(4)16-17-32;1-16(7-8-16)6-2-10-23-13-5-9-20(19-13)12-4-3-11(15(21)22)14(17)18-12;1-12-6-7-14(19-15(12)22(17,20)21)18-10-4-5-13-8-9-16(2,3)11-13;/h8-11,13,19,23H,5-7,12,14-18,20-21H2,1-4H3,(H,34,35)(H,38,40);3-5,9H,2,6-8,10H2,1H3,(H,21,22);6-7,13H,4-5,8-11H2,1-3H3,(H,18,19)(H2,17,20,21);1H4/t23-;;13-;/m1.1./s1. The predicted octanol–water partition coefficient (Wildman–Crippen LogP) is 14.0. The third-order valence-electron chi connectivity index (χ3n) is 17.5. The number of hydrogen-bond donors (Lipinski definition) is 5. The number of aromatic nitrogens is 8. The smallest absolute Gasteiger partial charge is 0.338 e. The number of primary sulfonamides is 1. The highest BCUT2D eigenvalue weighted by atomic mass is 35.5. The molecule has 0 unspecified atom stereocenters. The number of amides is 1. The topological polar surface area (TPSA) is 290 Å². The quantitative estimate of drug-likeness (QED) is 0.0236. The van der Waals surface area contributed by atoms with Crippen LogP contribution >= 0.6 is 23.2 Å². The summed E-state index contributed by atoms with van der Waals surface area (Å²) in [4.78, 5) is 40.7. The van der Waals surface area contributed by atoms with Gasteiger partial charge in [0.05, 0.1) is 24.3 Å². The lowest BCUT2D eigenvalue weighted by atomic mass is 9.89. The van der Waals surface area contributed by atoms with Crippen molar-refractivity contribution in [2.24, 2.45) is 38.6 Å². The molecule has 2 atom stereocenters. The van der Waals surface area contributed by atoms with Crippen LogP contribution in [0.3, 0.4) is 0 Å². The Kier molecular flexibility index (Phi) is 24.0. The summed E-state index contributed by atoms with van der Waals surface area (Å²) >= 11 is 12.2. The number of anilines is 2. The maximum Gasteiger partial charge on any atom is 0.338 e. The maximum absolute atomic E-state index is 13.2. The van der Waals surface area contributed by atoms with Crippen molar-refractivity contribution < 1.29 is 41.0 Å². The summed E-state index contributed by atoms with van der Waals surface area (Å²) in [7, 11) is -8.04. The summed E-state index contributed by atoms with van der Waals surface area (Å²) in [6, 6.07) is 16.3. The number of nitrogens with two attached hydrogens (primary N) is 1. The zero-order chi connectivity index (χ0) is 64.4. The highest BCUT2D eigenvalue weighted by molar-refractivity contribution is 7.90. The molecule has 6 N–H and O–H groups in total. The van der Waals surface area contributed by atoms with Gasteiger partial charge in [0.1, 0.15) is 21.9 Å². The molecule has 21 nitrogen and oxygen atoms in total. The van der Waals surface area contributed by atoms with Crippen LogP contribution < -0.4 is 30.0 Å². The molecule has 4 fully saturated rings. The normalized spacial score (nSPS) is 18.2. The van der Waals surface area contributed by atoms with Crippen LogP contribution in [0.2, 0.25) is 10.3 Å². The molecular formula is C65H92Cl2N12O9S2. The minimum atomic E-state index is -4.28. The fourth-order valence-corrected chi connectivity index (χ4v) is 14.0. The molecule has 0 radical (unpaired) electrons. The van der Waals surface area contributed by atoms with Gasteiger partial charge in [0, 0.05) is 37.6 Å². The van der Waals surface area contributed by atoms with Gasteiger partial charge in [0.2, 0.25) is 11.8 Å². The van der Waals surface area contributed by atoms with Crippen molar-refractivity contribution in [3.63, 3.8) is 0 Å². The first kappa shape index (κ1) is 71.0. The van der Waals surface area contributed by atoms with Crippen molar-refractivity contribution in [2.45, 2.75) is 188 Å². The van der Waals surface area contributed by atoms with Crippen LogP contribution in [-0.2, 0) is 20.0 Å². The SMILES string of the molecule is C.CC1(CCCOc2ccn(-c3ccc(C(=O)O)c(Cl)n3)n2)CC1.Cc1ccc(NCCC[C@@H]2CCC(C)(C)C2)nc1S(=O)(=O)NC(=O)c1ccc(-n2ccc(OCCCC3(C)CC3)n2)nc1Cl.Cc1ccc(NCCC[C@@H]2CCC(C)(C)C2)nc1S(N)(=O)=O. The maximum atomic E-state index is 13.2. The van der Waals surface area contributed by atoms with E-state index in [0.717, 1.165) is 56.9 Å². The van der Waals surface area contributed by atoms with Crippen LogP contribution in [0.25, 0.3) is 11.6 Å². The number of aryl methyl sites for hydroxylation is 2. The average Bonchev–Trinajstić information content (AvgIpc) is 1.65. The van der Waals surface area contributed by atoms with Crippen molar-refractivity contribution in [1.29, 1.82) is 0 Å². The molecule has 4 saturated carbocycles. The number of carboxylic acids is 1. The monoisotopic (exact) mass is 1320 g/mol. The van der Waals surface area contributed by atoms with E-state index in [0.29, 0.717) is 87.6 Å². The second-order valence-electron chi connectivity index (χ2n) is 26.8. The Morgan fingerprint density at radius 3 is 1.44 bits per heavy atom. The van der Waals surface area contributed by atoms with Gasteiger partial charge in [0.25, 0.3) is 26.0 Å². The minimum absolute atomic E-state index is 0. The lowest BCUT2D eigenvalue weighted by molar-refractivity contribution is 0.0696. The minimum Gasteiger partial charge on any atom is -0.478 e. The van der Waals surface area contributed by atoms with Crippen LogP contribution in [0.5, 0.6) is 11.8 Å². The summed E-state index contributed by atoms with van der Waals surface area (Å²) in [5.41, 5.74) is 2.82. The van der Waals surface area contributed by atoms with E-state index in [4.69, 9.17) is 42.9 Å². The van der Waals surface area contributed by atoms with Gasteiger partial charge in [-0.05, 0) is 210 Å². The fourth-order valence-electron chi connectivity index (χ4n) is 11.6. The Hall–Kier alpha value is -6.40. The summed E-state index contributed by atoms with van der Waals surface area (Å²) < 4.78 is 65.8. The Bertz CT molecular complexity index is 3660. The first-order valence-corrected chi connectivity index (χ1v) is 34.7. The van der Waals surface area contributed by atoms with Crippen LogP contribution in [-0.4, -0.2) is 99.6 Å². The molecule has 0 spiro atoms. The van der Waals surface area contributed by atoms with Crippen LogP contribution in [0.4, 0.5) is 11.6 Å². The zero-order valence-corrected chi connectivity index (χ0v) is 55.7. The molecule has 492 valence electrons. The molecule has 4 aliphatic carbocycles. The van der Waals surface area contributed by atoms with E-state index in [1.165, 1.54) is 98.5 Å². The Morgan fingerprint density at radius 1 is 0.611 bits per heavy atom. The third kappa shape index (κ3) is 21.1. The van der Waals surface area contributed by atoms with E-state index in [1.807, 2.05) is 0 Å². The number of nitrogens with one attached hydrogen (secondary N) is 3. The number of pyridine rings is 4. The van der Waals surface area contributed by atoms with Gasteiger partial charge in [-0.2, -0.15) is 8.42 Å².